The molecule has 0 bridgehead atoms. The van der Waals surface area contributed by atoms with Crippen molar-refractivity contribution < 1.29 is 34.2 Å². The van der Waals surface area contributed by atoms with Crippen LogP contribution in [0.15, 0.2) is 0 Å². The molecule has 0 rings (SSSR count). The molecule has 0 spiro atoms. The number of nitrogens with one attached hydrogen (secondary N) is 4. The van der Waals surface area contributed by atoms with Crippen LogP contribution in [0.5, 0.6) is 0 Å². The number of hydrogen-bond acceptors (Lipinski definition) is 9. The van der Waals surface area contributed by atoms with Gasteiger partial charge in [-0.25, -0.2) is 0 Å². The molecule has 0 unspecified atom stereocenters. The highest BCUT2D eigenvalue weighted by Crippen LogP contribution is 2.11. The number of amides is 3. The van der Waals surface area contributed by atoms with Gasteiger partial charge < -0.3 is 37.2 Å². The van der Waals surface area contributed by atoms with Crippen LogP contribution in [-0.2, 0) is 24.0 Å². The fraction of sp³-hybridized carbons (Fsp3) is 0.762. The molecule has 0 saturated heterocycles. The lowest BCUT2D eigenvalue weighted by atomic mass is 10.1. The molecule has 3 amide bonds. The van der Waals surface area contributed by atoms with Crippen molar-refractivity contribution in [3.63, 3.8) is 0 Å². The highest BCUT2D eigenvalue weighted by atomic mass is 32.2. The van der Waals surface area contributed by atoms with Gasteiger partial charge in [-0.05, 0) is 45.2 Å². The molecule has 13 heteroatoms. The molecule has 0 radical (unpaired) electrons. The Hall–Kier alpha value is -2.22. The van der Waals surface area contributed by atoms with Crippen molar-refractivity contribution in [3.05, 3.63) is 0 Å². The van der Waals surface area contributed by atoms with E-state index in [-0.39, 0.29) is 11.8 Å². The van der Waals surface area contributed by atoms with E-state index in [4.69, 9.17) is 10.8 Å². The van der Waals surface area contributed by atoms with Gasteiger partial charge in [-0.2, -0.15) is 11.8 Å². The normalized spacial score (nSPS) is 15.6. The summed E-state index contributed by atoms with van der Waals surface area (Å²) in [4.78, 5) is 59.1. The topological polar surface area (TPSA) is 200 Å². The van der Waals surface area contributed by atoms with Gasteiger partial charge in [0, 0.05) is 6.04 Å². The number of nitrogens with two attached hydrogens (primary N) is 1. The average Bonchev–Trinajstić information content (AvgIpc) is 2.72. The van der Waals surface area contributed by atoms with Crippen molar-refractivity contribution in [2.45, 2.75) is 83.3 Å². The smallest absolute Gasteiger partial charge is 0.305 e. The summed E-state index contributed by atoms with van der Waals surface area (Å²) in [5, 5.41) is 29.3. The quantitative estimate of drug-likeness (QED) is 0.106. The van der Waals surface area contributed by atoms with Crippen molar-refractivity contribution in [1.29, 1.82) is 0 Å². The number of carboxylic acids is 1. The maximum absolute atomic E-state index is 12.6. The number of carbonyl (C=O) groups is 5. The summed E-state index contributed by atoms with van der Waals surface area (Å²) in [7, 11) is 1.47. The van der Waals surface area contributed by atoms with Crippen molar-refractivity contribution >= 4 is 41.2 Å². The van der Waals surface area contributed by atoms with E-state index in [0.29, 0.717) is 24.3 Å². The first-order chi connectivity index (χ1) is 15.8. The molecule has 34 heavy (non-hydrogen) atoms. The third kappa shape index (κ3) is 12.9. The Morgan fingerprint density at radius 2 is 1.44 bits per heavy atom. The minimum Gasteiger partial charge on any atom is -0.481 e. The lowest BCUT2D eigenvalue weighted by Crippen LogP contribution is -2.56. The second-order valence-corrected chi connectivity index (χ2v) is 9.53. The SMILES string of the molecule is CN[C@@H](CC(=O)O)C(=O)N[C@@H](CCSCC[C@H](NC(C)C)C(=O)N[C@H](C(N)=O)[C@@H](C)O)C(C)=O. The van der Waals surface area contributed by atoms with Gasteiger partial charge in [0.05, 0.1) is 30.7 Å². The highest BCUT2D eigenvalue weighted by Gasteiger charge is 2.28. The predicted octanol–water partition coefficient (Wildman–Crippen LogP) is -1.65. The number of carbonyl (C=O) groups excluding carboxylic acids is 4. The summed E-state index contributed by atoms with van der Waals surface area (Å²) >= 11 is 1.48. The van der Waals surface area contributed by atoms with E-state index in [2.05, 4.69) is 21.3 Å². The van der Waals surface area contributed by atoms with Gasteiger partial charge in [0.25, 0.3) is 0 Å². The largest absolute Gasteiger partial charge is 0.481 e. The average molecular weight is 506 g/mol. The fourth-order valence-electron chi connectivity index (χ4n) is 3.03. The highest BCUT2D eigenvalue weighted by molar-refractivity contribution is 7.99. The number of aliphatic carboxylic acids is 1. The minimum absolute atomic E-state index is 0.0115. The van der Waals surface area contributed by atoms with Crippen molar-refractivity contribution in [2.75, 3.05) is 18.6 Å². The third-order valence-electron chi connectivity index (χ3n) is 4.89. The van der Waals surface area contributed by atoms with E-state index in [1.165, 1.54) is 32.7 Å². The first kappa shape index (κ1) is 31.8. The van der Waals surface area contributed by atoms with Crippen LogP contribution in [-0.4, -0.2) is 94.6 Å². The lowest BCUT2D eigenvalue weighted by molar-refractivity contribution is -0.140. The molecular weight excluding hydrogens is 466 g/mol. The molecule has 0 fully saturated rings. The fourth-order valence-corrected chi connectivity index (χ4v) is 4.04. The first-order valence-corrected chi connectivity index (χ1v) is 12.3. The van der Waals surface area contributed by atoms with Gasteiger partial charge >= 0.3 is 5.97 Å². The zero-order valence-electron chi connectivity index (χ0n) is 20.4. The lowest BCUT2D eigenvalue weighted by Gasteiger charge is -2.24. The number of aliphatic hydroxyl groups excluding tert-OH is 1. The Bertz CT molecular complexity index is 705. The van der Waals surface area contributed by atoms with Gasteiger partial charge in [0.1, 0.15) is 6.04 Å². The van der Waals surface area contributed by atoms with Crippen LogP contribution in [0.3, 0.4) is 0 Å². The molecule has 12 nitrogen and oxygen atoms in total. The van der Waals surface area contributed by atoms with E-state index >= 15 is 0 Å². The van der Waals surface area contributed by atoms with Crippen LogP contribution in [0.2, 0.25) is 0 Å². The van der Waals surface area contributed by atoms with E-state index < -0.39 is 60.4 Å². The Kier molecular flexibility index (Phi) is 15.3. The van der Waals surface area contributed by atoms with E-state index in [1.807, 2.05) is 13.8 Å². The molecule has 0 aliphatic rings. The molecule has 8 N–H and O–H groups in total. The van der Waals surface area contributed by atoms with Crippen LogP contribution in [0.4, 0.5) is 0 Å². The maximum Gasteiger partial charge on any atom is 0.305 e. The molecule has 0 aliphatic carbocycles. The van der Waals surface area contributed by atoms with Crippen LogP contribution >= 0.6 is 11.8 Å². The van der Waals surface area contributed by atoms with Crippen molar-refractivity contribution in [3.8, 4) is 0 Å². The Morgan fingerprint density at radius 1 is 0.912 bits per heavy atom. The van der Waals surface area contributed by atoms with Crippen molar-refractivity contribution in [2.24, 2.45) is 5.73 Å². The number of aliphatic hydroxyl groups is 1. The van der Waals surface area contributed by atoms with Gasteiger partial charge in [-0.1, -0.05) is 13.8 Å². The standard InChI is InChI=1S/C21H39N5O7S/c1-11(2)24-15(20(32)26-18(13(4)28)19(22)31)7-9-34-8-6-14(12(3)27)25-21(33)16(23-5)10-17(29)30/h11,13-16,18,23-24,28H,6-10H2,1-5H3,(H2,22,31)(H,25,33)(H,26,32)(H,29,30)/t13-,14+,15+,16+,18+/m1/s1. The zero-order valence-corrected chi connectivity index (χ0v) is 21.2. The molecule has 0 heterocycles. The second kappa shape index (κ2) is 16.4. The monoisotopic (exact) mass is 505 g/mol. The summed E-state index contributed by atoms with van der Waals surface area (Å²) in [6.07, 6.45) is -0.778. The third-order valence-corrected chi connectivity index (χ3v) is 5.94. The Labute approximate surface area is 204 Å². The van der Waals surface area contributed by atoms with Crippen LogP contribution < -0.4 is 27.0 Å². The minimum atomic E-state index is -1.20. The first-order valence-electron chi connectivity index (χ1n) is 11.1. The molecular formula is C21H39N5O7S. The molecule has 196 valence electrons. The van der Waals surface area contributed by atoms with Gasteiger partial charge in [0.15, 0.2) is 5.78 Å². The molecule has 0 saturated carbocycles. The predicted molar refractivity (Wildman–Crippen MR) is 129 cm³/mol. The van der Waals surface area contributed by atoms with Crippen LogP contribution in [0.1, 0.15) is 47.0 Å². The molecule has 0 aromatic carbocycles. The molecule has 5 atom stereocenters. The van der Waals surface area contributed by atoms with E-state index in [0.717, 1.165) is 0 Å². The molecule has 0 aliphatic heterocycles. The number of carboxylic acid groups (broad SMARTS) is 1. The second-order valence-electron chi connectivity index (χ2n) is 8.30. The Balaban J connectivity index is 4.79. The summed E-state index contributed by atoms with van der Waals surface area (Å²) in [6, 6.07) is -3.52. The van der Waals surface area contributed by atoms with Crippen LogP contribution in [0, 0.1) is 0 Å². The van der Waals surface area contributed by atoms with Gasteiger partial charge in [0.2, 0.25) is 17.7 Å². The summed E-state index contributed by atoms with van der Waals surface area (Å²) in [5.74, 6) is -2.16. The van der Waals surface area contributed by atoms with Crippen LogP contribution in [0.25, 0.3) is 0 Å². The molecule has 0 aromatic rings. The number of likely N-dealkylation sites (N-methyl/N-ethyl adjacent to an activating group) is 1. The summed E-state index contributed by atoms with van der Waals surface area (Å²) < 4.78 is 0. The number of hydrogen-bond donors (Lipinski definition) is 7. The van der Waals surface area contributed by atoms with E-state index in [1.54, 1.807) is 0 Å². The summed E-state index contributed by atoms with van der Waals surface area (Å²) in [6.45, 7) is 6.46. The number of primary amides is 1. The molecule has 0 aromatic heterocycles. The van der Waals surface area contributed by atoms with Gasteiger partial charge in [-0.15, -0.1) is 0 Å². The Morgan fingerprint density at radius 3 is 1.85 bits per heavy atom. The van der Waals surface area contributed by atoms with Gasteiger partial charge in [-0.3, -0.25) is 24.0 Å². The number of rotatable bonds is 18. The number of ketones is 1. The number of thioether (sulfide) groups is 1. The maximum atomic E-state index is 12.6. The van der Waals surface area contributed by atoms with Crippen molar-refractivity contribution in [1.82, 2.24) is 21.3 Å². The summed E-state index contributed by atoms with van der Waals surface area (Å²) in [5.41, 5.74) is 5.24. The van der Waals surface area contributed by atoms with E-state index in [9.17, 15) is 29.1 Å². The number of Topliss-reactive ketones (excluding diaryl/α,β-unsaturated/α-hetero) is 1. The zero-order chi connectivity index (χ0) is 26.4.